The van der Waals surface area contributed by atoms with Crippen LogP contribution < -0.4 is 5.32 Å². The van der Waals surface area contributed by atoms with Crippen LogP contribution in [0.15, 0.2) is 54.3 Å². The van der Waals surface area contributed by atoms with Gasteiger partial charge in [-0.05, 0) is 35.5 Å². The Hall–Kier alpha value is -1.80. The van der Waals surface area contributed by atoms with Crippen LogP contribution in [0.4, 0.5) is 0 Å². The van der Waals surface area contributed by atoms with Gasteiger partial charge in [0, 0.05) is 6.42 Å². The summed E-state index contributed by atoms with van der Waals surface area (Å²) in [6.07, 6.45) is 3.19. The minimum atomic E-state index is 0.164. The molecule has 1 atom stereocenters. The second-order valence-electron chi connectivity index (χ2n) is 4.57. The van der Waals surface area contributed by atoms with Crippen LogP contribution in [0.25, 0.3) is 10.8 Å². The molecule has 0 aliphatic carbocycles. The molecule has 92 valence electrons. The van der Waals surface area contributed by atoms with Crippen LogP contribution in [0.5, 0.6) is 0 Å². The second-order valence-corrected chi connectivity index (χ2v) is 4.57. The average molecular weight is 239 g/mol. The van der Waals surface area contributed by atoms with E-state index in [1.165, 1.54) is 16.3 Å². The smallest absolute Gasteiger partial charge is 0.114 e. The number of nitrogens with one attached hydrogen (secondary N) is 1. The molecule has 0 saturated carbocycles. The van der Waals surface area contributed by atoms with Crippen LogP contribution in [-0.2, 0) is 4.74 Å². The lowest BCUT2D eigenvalue weighted by Crippen LogP contribution is -2.18. The molecule has 1 aliphatic heterocycles. The molecule has 0 radical (unpaired) electrons. The molecule has 0 aromatic heterocycles. The van der Waals surface area contributed by atoms with Crippen molar-refractivity contribution in [3.05, 3.63) is 59.9 Å². The van der Waals surface area contributed by atoms with E-state index in [0.717, 1.165) is 18.8 Å². The first kappa shape index (κ1) is 11.3. The molecule has 0 fully saturated rings. The quantitative estimate of drug-likeness (QED) is 0.886. The third-order valence-electron chi connectivity index (χ3n) is 3.41. The van der Waals surface area contributed by atoms with Crippen molar-refractivity contribution in [1.29, 1.82) is 0 Å². The molecule has 2 aromatic carbocycles. The number of likely N-dealkylation sites (N-methyl/N-ethyl adjacent to an activating group) is 1. The van der Waals surface area contributed by atoms with Gasteiger partial charge in [-0.2, -0.15) is 0 Å². The second kappa shape index (κ2) is 4.83. The van der Waals surface area contributed by atoms with Gasteiger partial charge in [-0.25, -0.2) is 0 Å². The first-order valence-electron chi connectivity index (χ1n) is 6.37. The fourth-order valence-electron chi connectivity index (χ4n) is 2.50. The van der Waals surface area contributed by atoms with Gasteiger partial charge in [-0.15, -0.1) is 0 Å². The Kier molecular flexibility index (Phi) is 3.03. The predicted octanol–water partition coefficient (Wildman–Crippen LogP) is 3.40. The maximum atomic E-state index is 5.67. The highest BCUT2D eigenvalue weighted by atomic mass is 16.5. The van der Waals surface area contributed by atoms with E-state index in [1.807, 2.05) is 7.05 Å². The standard InChI is InChI=1S/C16H17NO/c1-17-16(15-7-4-10-18-15)14-9-8-12-5-2-3-6-13(12)11-14/h2-3,5-9,11,16-17H,4,10H2,1H3. The highest BCUT2D eigenvalue weighted by molar-refractivity contribution is 5.83. The van der Waals surface area contributed by atoms with Crippen LogP contribution in [-0.4, -0.2) is 13.7 Å². The van der Waals surface area contributed by atoms with Crippen molar-refractivity contribution in [2.45, 2.75) is 12.5 Å². The van der Waals surface area contributed by atoms with Gasteiger partial charge in [0.1, 0.15) is 5.76 Å². The van der Waals surface area contributed by atoms with E-state index in [9.17, 15) is 0 Å². The van der Waals surface area contributed by atoms with Crippen molar-refractivity contribution in [2.75, 3.05) is 13.7 Å². The zero-order valence-corrected chi connectivity index (χ0v) is 10.5. The van der Waals surface area contributed by atoms with E-state index in [0.29, 0.717) is 0 Å². The maximum absolute atomic E-state index is 5.67. The van der Waals surface area contributed by atoms with Gasteiger partial charge in [0.25, 0.3) is 0 Å². The molecule has 0 saturated heterocycles. The molecule has 2 aromatic rings. The Bertz CT molecular complexity index is 588. The van der Waals surface area contributed by atoms with Gasteiger partial charge in [-0.1, -0.05) is 36.4 Å². The van der Waals surface area contributed by atoms with Crippen molar-refractivity contribution in [3.8, 4) is 0 Å². The monoisotopic (exact) mass is 239 g/mol. The van der Waals surface area contributed by atoms with Crippen LogP contribution >= 0.6 is 0 Å². The van der Waals surface area contributed by atoms with Crippen LogP contribution in [0.1, 0.15) is 18.0 Å². The third kappa shape index (κ3) is 2.00. The molecule has 1 aliphatic rings. The first-order chi connectivity index (χ1) is 8.88. The summed E-state index contributed by atoms with van der Waals surface area (Å²) in [5.41, 5.74) is 1.25. The average Bonchev–Trinajstić information content (AvgIpc) is 2.93. The molecular formula is C16H17NO. The number of benzene rings is 2. The summed E-state index contributed by atoms with van der Waals surface area (Å²) >= 11 is 0. The normalized spacial score (nSPS) is 16.4. The zero-order chi connectivity index (χ0) is 12.4. The fourth-order valence-corrected chi connectivity index (χ4v) is 2.50. The summed E-state index contributed by atoms with van der Waals surface area (Å²) in [6.45, 7) is 0.807. The van der Waals surface area contributed by atoms with Gasteiger partial charge >= 0.3 is 0 Å². The summed E-state index contributed by atoms with van der Waals surface area (Å²) in [4.78, 5) is 0. The summed E-state index contributed by atoms with van der Waals surface area (Å²) in [5.74, 6) is 1.05. The number of hydrogen-bond acceptors (Lipinski definition) is 2. The van der Waals surface area contributed by atoms with Gasteiger partial charge in [0.15, 0.2) is 0 Å². The maximum Gasteiger partial charge on any atom is 0.114 e. The third-order valence-corrected chi connectivity index (χ3v) is 3.41. The molecule has 3 rings (SSSR count). The summed E-state index contributed by atoms with van der Waals surface area (Å²) in [5, 5.41) is 5.88. The lowest BCUT2D eigenvalue weighted by atomic mass is 10.0. The highest BCUT2D eigenvalue weighted by Gasteiger charge is 2.19. The van der Waals surface area contributed by atoms with Gasteiger partial charge < -0.3 is 10.1 Å². The topological polar surface area (TPSA) is 21.3 Å². The van der Waals surface area contributed by atoms with E-state index in [4.69, 9.17) is 4.74 Å². The molecule has 0 bridgehead atoms. The molecule has 2 heteroatoms. The fraction of sp³-hybridized carbons (Fsp3) is 0.250. The minimum absolute atomic E-state index is 0.164. The number of rotatable bonds is 3. The Labute approximate surface area is 107 Å². The van der Waals surface area contributed by atoms with Gasteiger partial charge in [0.05, 0.1) is 12.6 Å². The van der Waals surface area contributed by atoms with E-state index in [-0.39, 0.29) is 6.04 Å². The predicted molar refractivity (Wildman–Crippen MR) is 74.4 cm³/mol. The van der Waals surface area contributed by atoms with Crippen LogP contribution in [0.2, 0.25) is 0 Å². The van der Waals surface area contributed by atoms with Crippen molar-refractivity contribution in [2.24, 2.45) is 0 Å². The lowest BCUT2D eigenvalue weighted by molar-refractivity contribution is 0.218. The largest absolute Gasteiger partial charge is 0.496 e. The van der Waals surface area contributed by atoms with Crippen molar-refractivity contribution >= 4 is 10.8 Å². The van der Waals surface area contributed by atoms with E-state index >= 15 is 0 Å². The molecule has 0 spiro atoms. The SMILES string of the molecule is CNC(C1=CCCO1)c1ccc2ccccc2c1. The van der Waals surface area contributed by atoms with Gasteiger partial charge in [-0.3, -0.25) is 0 Å². The minimum Gasteiger partial charge on any atom is -0.496 e. The summed E-state index contributed by atoms with van der Waals surface area (Å²) in [7, 11) is 1.97. The zero-order valence-electron chi connectivity index (χ0n) is 10.5. The summed E-state index contributed by atoms with van der Waals surface area (Å²) < 4.78 is 5.67. The Morgan fingerprint density at radius 2 is 1.94 bits per heavy atom. The van der Waals surface area contributed by atoms with Crippen LogP contribution in [0.3, 0.4) is 0 Å². The van der Waals surface area contributed by atoms with Crippen molar-refractivity contribution in [1.82, 2.24) is 5.32 Å². The summed E-state index contributed by atoms with van der Waals surface area (Å²) in [6, 6.07) is 15.2. The number of fused-ring (bicyclic) bond motifs is 1. The van der Waals surface area contributed by atoms with E-state index in [1.54, 1.807) is 0 Å². The molecule has 1 heterocycles. The Balaban J connectivity index is 2.01. The van der Waals surface area contributed by atoms with Crippen LogP contribution in [0, 0.1) is 0 Å². The lowest BCUT2D eigenvalue weighted by Gasteiger charge is -2.18. The molecule has 18 heavy (non-hydrogen) atoms. The number of ether oxygens (including phenoxy) is 1. The molecular weight excluding hydrogens is 222 g/mol. The van der Waals surface area contributed by atoms with Gasteiger partial charge in [0.2, 0.25) is 0 Å². The molecule has 2 nitrogen and oxygen atoms in total. The van der Waals surface area contributed by atoms with Crippen molar-refractivity contribution < 1.29 is 4.74 Å². The van der Waals surface area contributed by atoms with E-state index in [2.05, 4.69) is 53.9 Å². The van der Waals surface area contributed by atoms with Crippen molar-refractivity contribution in [3.63, 3.8) is 0 Å². The Morgan fingerprint density at radius 3 is 2.67 bits per heavy atom. The highest BCUT2D eigenvalue weighted by Crippen LogP contribution is 2.28. The van der Waals surface area contributed by atoms with E-state index < -0.39 is 0 Å². The molecule has 0 amide bonds. The molecule has 1 unspecified atom stereocenters. The number of hydrogen-bond donors (Lipinski definition) is 1. The molecule has 1 N–H and O–H groups in total. The Morgan fingerprint density at radius 1 is 1.11 bits per heavy atom. The first-order valence-corrected chi connectivity index (χ1v) is 6.37.